The van der Waals surface area contributed by atoms with E-state index < -0.39 is 23.8 Å². The number of esters is 3. The Morgan fingerprint density at radius 1 is 1.00 bits per heavy atom. The van der Waals surface area contributed by atoms with Gasteiger partial charge in [-0.3, -0.25) is 4.79 Å². The molecule has 0 amide bonds. The number of ether oxygens (including phenoxy) is 4. The van der Waals surface area contributed by atoms with Gasteiger partial charge in [0, 0.05) is 23.9 Å². The zero-order valence-electron chi connectivity index (χ0n) is 18.1. The highest BCUT2D eigenvalue weighted by Gasteiger charge is 2.40. The molecule has 1 unspecified atom stereocenters. The number of carbonyl (C=O) groups is 3. The van der Waals surface area contributed by atoms with Crippen LogP contribution in [0.15, 0.2) is 40.7 Å². The van der Waals surface area contributed by atoms with E-state index in [0.717, 1.165) is 0 Å². The number of dihydropyridines is 1. The zero-order chi connectivity index (χ0) is 22.4. The van der Waals surface area contributed by atoms with Gasteiger partial charge in [0.05, 0.1) is 37.4 Å². The molecule has 1 aromatic rings. The smallest absolute Gasteiger partial charge is 0.336 e. The summed E-state index contributed by atoms with van der Waals surface area (Å²) < 4.78 is 21.3. The van der Waals surface area contributed by atoms with Crippen LogP contribution in [0.25, 0.3) is 0 Å². The third kappa shape index (κ3) is 4.64. The first-order chi connectivity index (χ1) is 14.3. The maximum atomic E-state index is 12.9. The van der Waals surface area contributed by atoms with Crippen molar-refractivity contribution >= 4 is 17.9 Å². The molecule has 0 saturated heterocycles. The number of nitrogens with one attached hydrogen (secondary N) is 1. The minimum absolute atomic E-state index is 0.141. The van der Waals surface area contributed by atoms with Crippen LogP contribution in [0.2, 0.25) is 0 Å². The van der Waals surface area contributed by atoms with Crippen LogP contribution in [0.1, 0.15) is 46.1 Å². The normalized spacial score (nSPS) is 16.0. The number of hydrogen-bond donors (Lipinski definition) is 1. The number of para-hydroxylation sites is 1. The molecule has 0 aromatic heterocycles. The topological polar surface area (TPSA) is 100 Å². The lowest BCUT2D eigenvalue weighted by molar-refractivity contribution is -0.139. The van der Waals surface area contributed by atoms with E-state index in [1.165, 1.54) is 14.0 Å². The quantitative estimate of drug-likeness (QED) is 0.534. The highest BCUT2D eigenvalue weighted by atomic mass is 16.6. The summed E-state index contributed by atoms with van der Waals surface area (Å²) in [6, 6.07) is 5.04. The van der Waals surface area contributed by atoms with Crippen molar-refractivity contribution in [1.29, 1.82) is 0 Å². The third-order valence-corrected chi connectivity index (χ3v) is 4.53. The molecule has 0 fully saturated rings. The minimum Gasteiger partial charge on any atom is -0.490 e. The number of carbonyl (C=O) groups excluding carboxylic acids is 3. The van der Waals surface area contributed by atoms with Crippen molar-refractivity contribution < 1.29 is 33.3 Å². The van der Waals surface area contributed by atoms with Gasteiger partial charge in [0.2, 0.25) is 0 Å². The summed E-state index contributed by atoms with van der Waals surface area (Å²) in [6.07, 6.45) is 0. The molecule has 0 aliphatic carbocycles. The van der Waals surface area contributed by atoms with Gasteiger partial charge in [-0.1, -0.05) is 12.1 Å². The van der Waals surface area contributed by atoms with Crippen molar-refractivity contribution in [1.82, 2.24) is 5.32 Å². The second-order valence-corrected chi connectivity index (χ2v) is 6.55. The van der Waals surface area contributed by atoms with Gasteiger partial charge in [-0.25, -0.2) is 9.59 Å². The fourth-order valence-corrected chi connectivity index (χ4v) is 3.45. The lowest BCUT2D eigenvalue weighted by Gasteiger charge is -2.31. The summed E-state index contributed by atoms with van der Waals surface area (Å²) in [5.74, 6) is -2.18. The molecule has 0 spiro atoms. The fourth-order valence-electron chi connectivity index (χ4n) is 3.45. The molecular formula is C22H27NO7. The minimum atomic E-state index is -0.882. The average Bonchev–Trinajstić information content (AvgIpc) is 2.68. The standard InChI is InChI=1S/C22H27NO7/c1-7-28-16-11-9-10-15(20(16)30-14(5)24)19-17(21(25)27-6)12(3)23-13(4)18(19)22(26)29-8-2/h9-11,19,23H,7-8H2,1-6H3. The molecule has 8 nitrogen and oxygen atoms in total. The van der Waals surface area contributed by atoms with E-state index in [1.54, 1.807) is 45.9 Å². The molecule has 1 aliphatic heterocycles. The highest BCUT2D eigenvalue weighted by molar-refractivity contribution is 6.00. The summed E-state index contributed by atoms with van der Waals surface area (Å²) in [4.78, 5) is 37.4. The molecule has 2 rings (SSSR count). The monoisotopic (exact) mass is 417 g/mol. The highest BCUT2D eigenvalue weighted by Crippen LogP contribution is 2.45. The molecular weight excluding hydrogens is 390 g/mol. The van der Waals surface area contributed by atoms with E-state index in [2.05, 4.69) is 5.32 Å². The van der Waals surface area contributed by atoms with E-state index in [4.69, 9.17) is 18.9 Å². The molecule has 1 atom stereocenters. The number of hydrogen-bond acceptors (Lipinski definition) is 8. The summed E-state index contributed by atoms with van der Waals surface area (Å²) in [5.41, 5.74) is 1.91. The van der Waals surface area contributed by atoms with Gasteiger partial charge in [-0.2, -0.15) is 0 Å². The molecule has 162 valence electrons. The Morgan fingerprint density at radius 2 is 1.63 bits per heavy atom. The Kier molecular flexibility index (Phi) is 7.63. The first-order valence-electron chi connectivity index (χ1n) is 9.64. The molecule has 8 heteroatoms. The third-order valence-electron chi connectivity index (χ3n) is 4.53. The van der Waals surface area contributed by atoms with Crippen molar-refractivity contribution in [2.75, 3.05) is 20.3 Å². The molecule has 0 saturated carbocycles. The predicted octanol–water partition coefficient (Wildman–Crippen LogP) is 2.98. The number of methoxy groups -OCH3 is 1. The molecule has 0 bridgehead atoms. The number of rotatable bonds is 7. The first-order valence-corrected chi connectivity index (χ1v) is 9.64. The predicted molar refractivity (Wildman–Crippen MR) is 109 cm³/mol. The molecule has 1 aliphatic rings. The Balaban J connectivity index is 2.83. The van der Waals surface area contributed by atoms with E-state index >= 15 is 0 Å². The largest absolute Gasteiger partial charge is 0.490 e. The lowest BCUT2D eigenvalue weighted by Crippen LogP contribution is -2.32. The van der Waals surface area contributed by atoms with E-state index in [9.17, 15) is 14.4 Å². The Labute approximate surface area is 175 Å². The SMILES string of the molecule is CCOC(=O)C1=C(C)NC(C)=C(C(=O)OC)C1c1cccc(OCC)c1OC(C)=O. The molecule has 1 aromatic carbocycles. The van der Waals surface area contributed by atoms with Crippen molar-refractivity contribution in [3.05, 3.63) is 46.3 Å². The van der Waals surface area contributed by atoms with Crippen molar-refractivity contribution in [3.63, 3.8) is 0 Å². The summed E-state index contributed by atoms with van der Waals surface area (Å²) in [7, 11) is 1.26. The van der Waals surface area contributed by atoms with E-state index in [0.29, 0.717) is 29.3 Å². The number of allylic oxidation sites excluding steroid dienone is 2. The summed E-state index contributed by atoms with van der Waals surface area (Å²) in [6.45, 7) is 8.69. The Bertz CT molecular complexity index is 914. The molecule has 0 radical (unpaired) electrons. The molecule has 1 N–H and O–H groups in total. The van der Waals surface area contributed by atoms with Crippen molar-refractivity contribution in [2.45, 2.75) is 40.5 Å². The van der Waals surface area contributed by atoms with Gasteiger partial charge in [-0.15, -0.1) is 0 Å². The first kappa shape index (κ1) is 23.0. The van der Waals surface area contributed by atoms with E-state index in [1.807, 2.05) is 0 Å². The molecule has 30 heavy (non-hydrogen) atoms. The van der Waals surface area contributed by atoms with Gasteiger partial charge >= 0.3 is 17.9 Å². The summed E-state index contributed by atoms with van der Waals surface area (Å²) >= 11 is 0. The Hall–Kier alpha value is -3.29. The molecule has 1 heterocycles. The Morgan fingerprint density at radius 3 is 2.17 bits per heavy atom. The average molecular weight is 417 g/mol. The van der Waals surface area contributed by atoms with Crippen molar-refractivity contribution in [3.8, 4) is 11.5 Å². The van der Waals surface area contributed by atoms with Gasteiger partial charge < -0.3 is 24.3 Å². The lowest BCUT2D eigenvalue weighted by atomic mass is 9.80. The maximum Gasteiger partial charge on any atom is 0.336 e. The summed E-state index contributed by atoms with van der Waals surface area (Å²) in [5, 5.41) is 3.05. The van der Waals surface area contributed by atoms with Crippen LogP contribution in [-0.2, 0) is 23.9 Å². The zero-order valence-corrected chi connectivity index (χ0v) is 18.1. The van der Waals surface area contributed by atoms with Gasteiger partial charge in [0.25, 0.3) is 0 Å². The van der Waals surface area contributed by atoms with Crippen LogP contribution in [-0.4, -0.2) is 38.2 Å². The second-order valence-electron chi connectivity index (χ2n) is 6.55. The van der Waals surface area contributed by atoms with Crippen molar-refractivity contribution in [2.24, 2.45) is 0 Å². The van der Waals surface area contributed by atoms with Crippen LogP contribution in [0.4, 0.5) is 0 Å². The maximum absolute atomic E-state index is 12.9. The van der Waals surface area contributed by atoms with Gasteiger partial charge in [-0.05, 0) is 33.8 Å². The van der Waals surface area contributed by atoms with Gasteiger partial charge in [0.15, 0.2) is 11.5 Å². The van der Waals surface area contributed by atoms with Gasteiger partial charge in [0.1, 0.15) is 0 Å². The number of benzene rings is 1. The van der Waals surface area contributed by atoms with Crippen LogP contribution >= 0.6 is 0 Å². The van der Waals surface area contributed by atoms with Crippen LogP contribution in [0.3, 0.4) is 0 Å². The van der Waals surface area contributed by atoms with Crippen LogP contribution < -0.4 is 14.8 Å². The van der Waals surface area contributed by atoms with Crippen LogP contribution in [0, 0.1) is 0 Å². The van der Waals surface area contributed by atoms with E-state index in [-0.39, 0.29) is 23.5 Å². The second kappa shape index (κ2) is 9.96. The fraction of sp³-hybridized carbons (Fsp3) is 0.409. The van der Waals surface area contributed by atoms with Crippen LogP contribution in [0.5, 0.6) is 11.5 Å².